The molecule has 0 aromatic carbocycles. The summed E-state index contributed by atoms with van der Waals surface area (Å²) in [5, 5.41) is 10.5. The zero-order valence-electron chi connectivity index (χ0n) is 7.61. The summed E-state index contributed by atoms with van der Waals surface area (Å²) in [6, 6.07) is 2.50. The lowest BCUT2D eigenvalue weighted by molar-refractivity contribution is -0.385. The van der Waals surface area contributed by atoms with Crippen molar-refractivity contribution in [2.45, 2.75) is 19.4 Å². The zero-order chi connectivity index (χ0) is 10.7. The van der Waals surface area contributed by atoms with Gasteiger partial charge in [-0.05, 0) is 22.4 Å². The molecule has 0 amide bonds. The van der Waals surface area contributed by atoms with Gasteiger partial charge < -0.3 is 5.73 Å². The standard InChI is InChI=1S/C8H10BrN3O2/c1-2-6(10)7-3-5(12(13)14)4-8(9)11-7/h3-4,6H,2,10H2,1H3. The van der Waals surface area contributed by atoms with Gasteiger partial charge in [0, 0.05) is 18.2 Å². The molecule has 0 bridgehead atoms. The first-order valence-corrected chi connectivity index (χ1v) is 4.91. The molecule has 14 heavy (non-hydrogen) atoms. The molecule has 0 aliphatic heterocycles. The first-order valence-electron chi connectivity index (χ1n) is 4.12. The highest BCUT2D eigenvalue weighted by Crippen LogP contribution is 2.22. The van der Waals surface area contributed by atoms with E-state index in [-0.39, 0.29) is 11.7 Å². The average Bonchev–Trinajstić information content (AvgIpc) is 2.15. The van der Waals surface area contributed by atoms with Gasteiger partial charge in [-0.25, -0.2) is 4.98 Å². The van der Waals surface area contributed by atoms with Crippen molar-refractivity contribution < 1.29 is 4.92 Å². The Morgan fingerprint density at radius 3 is 2.86 bits per heavy atom. The molecular weight excluding hydrogens is 250 g/mol. The van der Waals surface area contributed by atoms with Gasteiger partial charge in [-0.15, -0.1) is 0 Å². The number of nitrogens with two attached hydrogens (primary N) is 1. The highest BCUT2D eigenvalue weighted by molar-refractivity contribution is 9.10. The summed E-state index contributed by atoms with van der Waals surface area (Å²) in [5.41, 5.74) is 6.27. The van der Waals surface area contributed by atoms with Crippen LogP contribution in [-0.4, -0.2) is 9.91 Å². The molecule has 1 heterocycles. The van der Waals surface area contributed by atoms with Crippen LogP contribution in [0.1, 0.15) is 25.1 Å². The molecule has 1 atom stereocenters. The van der Waals surface area contributed by atoms with Crippen molar-refractivity contribution >= 4 is 21.6 Å². The minimum Gasteiger partial charge on any atom is -0.323 e. The predicted octanol–water partition coefficient (Wildman–Crippen LogP) is 2.16. The molecule has 1 unspecified atom stereocenters. The van der Waals surface area contributed by atoms with E-state index in [2.05, 4.69) is 20.9 Å². The Labute approximate surface area is 89.6 Å². The molecule has 2 N–H and O–H groups in total. The summed E-state index contributed by atoms with van der Waals surface area (Å²) in [6.07, 6.45) is 0.695. The highest BCUT2D eigenvalue weighted by atomic mass is 79.9. The van der Waals surface area contributed by atoms with Gasteiger partial charge in [0.25, 0.3) is 5.69 Å². The van der Waals surface area contributed by atoms with Gasteiger partial charge >= 0.3 is 0 Å². The lowest BCUT2D eigenvalue weighted by Crippen LogP contribution is -2.11. The minimum absolute atomic E-state index is 0.00535. The predicted molar refractivity (Wildman–Crippen MR) is 55.8 cm³/mol. The third kappa shape index (κ3) is 2.49. The van der Waals surface area contributed by atoms with Crippen molar-refractivity contribution in [3.05, 3.63) is 32.5 Å². The second-order valence-corrected chi connectivity index (χ2v) is 3.66. The van der Waals surface area contributed by atoms with Gasteiger partial charge in [-0.2, -0.15) is 0 Å². The molecule has 1 aromatic rings. The van der Waals surface area contributed by atoms with Crippen LogP contribution in [0.4, 0.5) is 5.69 Å². The van der Waals surface area contributed by atoms with Gasteiger partial charge in [-0.1, -0.05) is 6.92 Å². The van der Waals surface area contributed by atoms with E-state index >= 15 is 0 Å². The van der Waals surface area contributed by atoms with Crippen LogP contribution in [0.5, 0.6) is 0 Å². The maximum atomic E-state index is 10.5. The van der Waals surface area contributed by atoms with Crippen molar-refractivity contribution in [3.8, 4) is 0 Å². The summed E-state index contributed by atoms with van der Waals surface area (Å²) in [6.45, 7) is 1.90. The van der Waals surface area contributed by atoms with E-state index in [4.69, 9.17) is 5.73 Å². The number of aromatic nitrogens is 1. The normalized spacial score (nSPS) is 12.5. The number of hydrogen-bond donors (Lipinski definition) is 1. The Morgan fingerprint density at radius 1 is 1.71 bits per heavy atom. The number of rotatable bonds is 3. The Morgan fingerprint density at radius 2 is 2.36 bits per heavy atom. The maximum Gasteiger partial charge on any atom is 0.274 e. The van der Waals surface area contributed by atoms with E-state index in [1.807, 2.05) is 6.92 Å². The molecule has 1 aromatic heterocycles. The van der Waals surface area contributed by atoms with Crippen LogP contribution in [0.25, 0.3) is 0 Å². The van der Waals surface area contributed by atoms with Crippen LogP contribution in [0.3, 0.4) is 0 Å². The fourth-order valence-corrected chi connectivity index (χ4v) is 1.45. The number of halogens is 1. The minimum atomic E-state index is -0.460. The maximum absolute atomic E-state index is 10.5. The summed E-state index contributed by atoms with van der Waals surface area (Å²) < 4.78 is 0.436. The summed E-state index contributed by atoms with van der Waals surface area (Å²) in [7, 11) is 0. The molecule has 0 saturated heterocycles. The smallest absolute Gasteiger partial charge is 0.274 e. The van der Waals surface area contributed by atoms with Gasteiger partial charge in [-0.3, -0.25) is 10.1 Å². The Kier molecular flexibility index (Phi) is 3.54. The monoisotopic (exact) mass is 259 g/mol. The van der Waals surface area contributed by atoms with Crippen molar-refractivity contribution in [1.29, 1.82) is 0 Å². The van der Waals surface area contributed by atoms with E-state index in [0.717, 1.165) is 0 Å². The van der Waals surface area contributed by atoms with Crippen LogP contribution in [0.15, 0.2) is 16.7 Å². The van der Waals surface area contributed by atoms with Crippen molar-refractivity contribution in [2.75, 3.05) is 0 Å². The Hall–Kier alpha value is -1.01. The van der Waals surface area contributed by atoms with E-state index < -0.39 is 4.92 Å². The molecular formula is C8H10BrN3O2. The van der Waals surface area contributed by atoms with Crippen molar-refractivity contribution in [3.63, 3.8) is 0 Å². The second kappa shape index (κ2) is 4.47. The molecule has 1 rings (SSSR count). The molecule has 6 heteroatoms. The van der Waals surface area contributed by atoms with Crippen LogP contribution in [-0.2, 0) is 0 Å². The summed E-state index contributed by atoms with van der Waals surface area (Å²) >= 11 is 3.11. The summed E-state index contributed by atoms with van der Waals surface area (Å²) in [5.74, 6) is 0. The van der Waals surface area contributed by atoms with Gasteiger partial charge in [0.05, 0.1) is 10.6 Å². The van der Waals surface area contributed by atoms with Gasteiger partial charge in [0.1, 0.15) is 4.60 Å². The fourth-order valence-electron chi connectivity index (χ4n) is 1.01. The summed E-state index contributed by atoms with van der Waals surface area (Å²) in [4.78, 5) is 14.1. The third-order valence-electron chi connectivity index (χ3n) is 1.83. The molecule has 0 aliphatic rings. The number of nitro groups is 1. The Bertz CT molecular complexity index is 356. The average molecular weight is 260 g/mol. The molecule has 0 spiro atoms. The van der Waals surface area contributed by atoms with Crippen LogP contribution in [0.2, 0.25) is 0 Å². The number of nitrogens with zero attached hydrogens (tertiary/aromatic N) is 2. The van der Waals surface area contributed by atoms with E-state index in [1.165, 1.54) is 12.1 Å². The van der Waals surface area contributed by atoms with Crippen LogP contribution in [0, 0.1) is 10.1 Å². The van der Waals surface area contributed by atoms with Crippen LogP contribution < -0.4 is 5.73 Å². The second-order valence-electron chi connectivity index (χ2n) is 2.84. The van der Waals surface area contributed by atoms with Gasteiger partial charge in [0.2, 0.25) is 0 Å². The van der Waals surface area contributed by atoms with Gasteiger partial charge in [0.15, 0.2) is 0 Å². The zero-order valence-corrected chi connectivity index (χ0v) is 9.19. The first kappa shape index (κ1) is 11.1. The molecule has 0 saturated carbocycles. The van der Waals surface area contributed by atoms with E-state index in [0.29, 0.717) is 16.7 Å². The fraction of sp³-hybridized carbons (Fsp3) is 0.375. The number of pyridine rings is 1. The molecule has 5 nitrogen and oxygen atoms in total. The molecule has 0 fully saturated rings. The molecule has 0 aliphatic carbocycles. The third-order valence-corrected chi connectivity index (χ3v) is 2.24. The number of hydrogen-bond acceptors (Lipinski definition) is 4. The van der Waals surface area contributed by atoms with Crippen molar-refractivity contribution in [1.82, 2.24) is 4.98 Å². The van der Waals surface area contributed by atoms with Crippen LogP contribution >= 0.6 is 15.9 Å². The van der Waals surface area contributed by atoms with E-state index in [9.17, 15) is 10.1 Å². The molecule has 76 valence electrons. The largest absolute Gasteiger partial charge is 0.323 e. The molecule has 0 radical (unpaired) electrons. The Balaban J connectivity index is 3.13. The lowest BCUT2D eigenvalue weighted by atomic mass is 10.1. The topological polar surface area (TPSA) is 82.0 Å². The van der Waals surface area contributed by atoms with E-state index in [1.54, 1.807) is 0 Å². The highest BCUT2D eigenvalue weighted by Gasteiger charge is 2.13. The first-order chi connectivity index (χ1) is 6.54. The lowest BCUT2D eigenvalue weighted by Gasteiger charge is -2.07. The van der Waals surface area contributed by atoms with Crippen molar-refractivity contribution in [2.24, 2.45) is 5.73 Å². The SMILES string of the molecule is CCC(N)c1cc([N+](=O)[O-])cc(Br)n1. The quantitative estimate of drug-likeness (QED) is 0.513.